The van der Waals surface area contributed by atoms with Crippen LogP contribution in [0.25, 0.3) is 0 Å². The molecular formula is C14H24N2O9P2. The van der Waals surface area contributed by atoms with E-state index in [4.69, 9.17) is 15.4 Å². The summed E-state index contributed by atoms with van der Waals surface area (Å²) in [5, 5.41) is 2.57. The highest BCUT2D eigenvalue weighted by Gasteiger charge is 2.33. The van der Waals surface area contributed by atoms with Crippen LogP contribution >= 0.6 is 15.6 Å². The van der Waals surface area contributed by atoms with E-state index in [1.807, 2.05) is 0 Å². The van der Waals surface area contributed by atoms with Crippen LogP contribution in [0.15, 0.2) is 24.3 Å². The maximum absolute atomic E-state index is 11.5. The van der Waals surface area contributed by atoms with E-state index in [2.05, 4.69) is 18.7 Å². The van der Waals surface area contributed by atoms with E-state index in [1.165, 1.54) is 0 Å². The van der Waals surface area contributed by atoms with Gasteiger partial charge in [-0.15, -0.1) is 0 Å². The molecule has 0 bridgehead atoms. The molecule has 1 aromatic carbocycles. The van der Waals surface area contributed by atoms with Gasteiger partial charge in [0.2, 0.25) is 0 Å². The van der Waals surface area contributed by atoms with Crippen molar-refractivity contribution in [2.24, 2.45) is 0 Å². The highest BCUT2D eigenvalue weighted by atomic mass is 31.3. The first kappa shape index (κ1) is 23.6. The van der Waals surface area contributed by atoms with Gasteiger partial charge in [-0.2, -0.15) is 4.31 Å². The predicted octanol–water partition coefficient (Wildman–Crippen LogP) is 2.55. The molecule has 0 aliphatic carbocycles. The molecule has 2 unspecified atom stereocenters. The molecule has 2 atom stereocenters. The first-order valence-electron chi connectivity index (χ1n) is 7.96. The van der Waals surface area contributed by atoms with Crippen LogP contribution in [0.5, 0.6) is 0 Å². The Morgan fingerprint density at radius 2 is 1.78 bits per heavy atom. The molecule has 0 heterocycles. The Morgan fingerprint density at radius 1 is 1.11 bits per heavy atom. The minimum Gasteiger partial charge on any atom is -0.445 e. The predicted molar refractivity (Wildman–Crippen MR) is 96.6 cm³/mol. The van der Waals surface area contributed by atoms with Crippen molar-refractivity contribution in [2.45, 2.75) is 25.9 Å². The molecule has 0 aromatic heterocycles. The monoisotopic (exact) mass is 426 g/mol. The van der Waals surface area contributed by atoms with Gasteiger partial charge in [0.25, 0.3) is 0 Å². The Morgan fingerprint density at radius 3 is 2.41 bits per heavy atom. The quantitative estimate of drug-likeness (QED) is 0.221. The van der Waals surface area contributed by atoms with Crippen molar-refractivity contribution in [3.8, 4) is 0 Å². The van der Waals surface area contributed by atoms with Crippen LogP contribution in [-0.2, 0) is 33.8 Å². The number of rotatable bonds is 12. The van der Waals surface area contributed by atoms with Gasteiger partial charge >= 0.3 is 21.7 Å². The smallest absolute Gasteiger partial charge is 0.445 e. The number of phosphoric ester groups is 2. The van der Waals surface area contributed by atoms with E-state index in [0.717, 1.165) is 12.7 Å². The highest BCUT2D eigenvalue weighted by molar-refractivity contribution is 7.61. The van der Waals surface area contributed by atoms with Gasteiger partial charge in [-0.3, -0.25) is 9.05 Å². The Hall–Kier alpha value is -1.45. The van der Waals surface area contributed by atoms with Crippen LogP contribution in [-0.4, -0.2) is 36.1 Å². The number of carbonyl (C=O) groups excluding carboxylic acids is 1. The van der Waals surface area contributed by atoms with Crippen molar-refractivity contribution in [1.82, 2.24) is 5.32 Å². The molecule has 0 spiro atoms. The molecule has 154 valence electrons. The van der Waals surface area contributed by atoms with Gasteiger partial charge in [-0.1, -0.05) is 12.1 Å². The van der Waals surface area contributed by atoms with Crippen molar-refractivity contribution in [3.05, 3.63) is 29.8 Å². The summed E-state index contributed by atoms with van der Waals surface area (Å²) in [6.45, 7) is 0.310. The number of hydrogen-bond acceptors (Lipinski definition) is 8. The molecule has 1 aromatic rings. The first-order valence-corrected chi connectivity index (χ1v) is 10.9. The summed E-state index contributed by atoms with van der Waals surface area (Å²) >= 11 is 0. The molecule has 0 aliphatic rings. The molecular weight excluding hydrogens is 402 g/mol. The second-order valence-electron chi connectivity index (χ2n) is 5.34. The number of carbonyl (C=O) groups is 1. The van der Waals surface area contributed by atoms with Crippen LogP contribution in [0.4, 0.5) is 10.5 Å². The van der Waals surface area contributed by atoms with Gasteiger partial charge in [0, 0.05) is 19.3 Å². The molecule has 0 saturated heterocycles. The lowest BCUT2D eigenvalue weighted by molar-refractivity contribution is 0.139. The van der Waals surface area contributed by atoms with E-state index in [-0.39, 0.29) is 13.2 Å². The lowest BCUT2D eigenvalue weighted by atomic mass is 10.2. The molecule has 1 amide bonds. The maximum atomic E-state index is 11.5. The topological polar surface area (TPSA) is 167 Å². The van der Waals surface area contributed by atoms with Crippen LogP contribution in [0, 0.1) is 0 Å². The number of nitrogen functional groups attached to an aromatic ring is 1. The average Bonchev–Trinajstić information content (AvgIpc) is 2.59. The second-order valence-corrected chi connectivity index (χ2v) is 8.49. The van der Waals surface area contributed by atoms with Gasteiger partial charge in [-0.05, 0) is 37.0 Å². The van der Waals surface area contributed by atoms with Crippen LogP contribution < -0.4 is 11.1 Å². The molecule has 0 aliphatic heterocycles. The lowest BCUT2D eigenvalue weighted by Crippen LogP contribution is -2.25. The number of benzene rings is 1. The number of nitrogens with one attached hydrogen (secondary N) is 1. The average molecular weight is 426 g/mol. The van der Waals surface area contributed by atoms with Crippen molar-refractivity contribution < 1.29 is 41.8 Å². The number of ether oxygens (including phenoxy) is 1. The molecule has 5 N–H and O–H groups in total. The summed E-state index contributed by atoms with van der Waals surface area (Å²) in [4.78, 5) is 29.7. The number of nitrogens with two attached hydrogens (primary N) is 1. The van der Waals surface area contributed by atoms with E-state index >= 15 is 0 Å². The summed E-state index contributed by atoms with van der Waals surface area (Å²) in [7, 11) is -8.43. The highest BCUT2D eigenvalue weighted by Crippen LogP contribution is 2.59. The third-order valence-corrected chi connectivity index (χ3v) is 5.75. The summed E-state index contributed by atoms with van der Waals surface area (Å²) in [5.74, 6) is 0. The summed E-state index contributed by atoms with van der Waals surface area (Å²) in [6, 6.07) is 6.94. The molecule has 27 heavy (non-hydrogen) atoms. The Bertz CT molecular complexity index is 684. The fourth-order valence-corrected chi connectivity index (χ4v) is 3.63. The van der Waals surface area contributed by atoms with E-state index in [1.54, 1.807) is 24.3 Å². The van der Waals surface area contributed by atoms with Crippen molar-refractivity contribution in [3.63, 3.8) is 0 Å². The summed E-state index contributed by atoms with van der Waals surface area (Å²) in [6.07, 6.45) is 0.959. The number of amides is 1. The van der Waals surface area contributed by atoms with Crippen LogP contribution in [0.2, 0.25) is 0 Å². The van der Waals surface area contributed by atoms with Gasteiger partial charge in [0.15, 0.2) is 0 Å². The molecule has 0 fully saturated rings. The molecule has 0 saturated carbocycles. The minimum absolute atomic E-state index is 0.127. The number of anilines is 1. The van der Waals surface area contributed by atoms with Gasteiger partial charge < -0.3 is 25.6 Å². The molecule has 13 heteroatoms. The number of unbranched alkanes of at least 4 members (excludes halogenated alkanes) is 2. The normalized spacial score (nSPS) is 15.5. The molecule has 1 rings (SSSR count). The zero-order valence-corrected chi connectivity index (χ0v) is 16.6. The fraction of sp³-hybridized carbons (Fsp3) is 0.500. The summed E-state index contributed by atoms with van der Waals surface area (Å²) < 4.78 is 40.0. The van der Waals surface area contributed by atoms with Gasteiger partial charge in [0.1, 0.15) is 6.61 Å². The Balaban J connectivity index is 2.08. The standard InChI is InChI=1S/C14H24N2O9P2/c1-22-26(18,19)25-27(20,21)24-10-4-2-3-9-16-14(17)23-11-12-5-7-13(15)8-6-12/h5-8H,2-4,9-11,15H2,1H3,(H,16,17)(H,18,19)(H,20,21). The zero-order valence-electron chi connectivity index (χ0n) is 14.8. The van der Waals surface area contributed by atoms with Crippen LogP contribution in [0.1, 0.15) is 24.8 Å². The van der Waals surface area contributed by atoms with Crippen molar-refractivity contribution in [2.75, 3.05) is 26.0 Å². The van der Waals surface area contributed by atoms with E-state index in [9.17, 15) is 18.8 Å². The van der Waals surface area contributed by atoms with Gasteiger partial charge in [0.05, 0.1) is 6.61 Å². The number of phosphoric acid groups is 2. The molecule has 11 nitrogen and oxygen atoms in total. The number of alkyl carbamates (subject to hydrolysis) is 1. The first-order chi connectivity index (χ1) is 12.6. The third kappa shape index (κ3) is 11.1. The van der Waals surface area contributed by atoms with E-state index in [0.29, 0.717) is 31.5 Å². The SMILES string of the molecule is COP(=O)(O)OP(=O)(O)OCCCCCNC(=O)OCc1ccc(N)cc1. The maximum Gasteiger partial charge on any atom is 0.481 e. The molecule has 0 radical (unpaired) electrons. The van der Waals surface area contributed by atoms with Crippen molar-refractivity contribution in [1.29, 1.82) is 0 Å². The largest absolute Gasteiger partial charge is 0.481 e. The lowest BCUT2D eigenvalue weighted by Gasteiger charge is -2.14. The second kappa shape index (κ2) is 11.4. The van der Waals surface area contributed by atoms with Crippen molar-refractivity contribution >= 4 is 27.4 Å². The Kier molecular flexibility index (Phi) is 9.97. The zero-order chi connectivity index (χ0) is 20.3. The van der Waals surface area contributed by atoms with Gasteiger partial charge in [-0.25, -0.2) is 13.9 Å². The summed E-state index contributed by atoms with van der Waals surface area (Å²) in [5.41, 5.74) is 7.00. The third-order valence-electron chi connectivity index (χ3n) is 3.13. The fourth-order valence-electron chi connectivity index (χ4n) is 1.78. The van der Waals surface area contributed by atoms with E-state index < -0.39 is 21.7 Å². The Labute approximate surface area is 157 Å². The van der Waals surface area contributed by atoms with Crippen LogP contribution in [0.3, 0.4) is 0 Å². The number of hydrogen-bond donors (Lipinski definition) is 4. The minimum atomic E-state index is -4.68.